The van der Waals surface area contributed by atoms with Crippen molar-refractivity contribution in [3.63, 3.8) is 0 Å². The van der Waals surface area contributed by atoms with E-state index in [9.17, 15) is 8.42 Å². The lowest BCUT2D eigenvalue weighted by Gasteiger charge is -2.19. The van der Waals surface area contributed by atoms with Gasteiger partial charge in [-0.3, -0.25) is 0 Å². The summed E-state index contributed by atoms with van der Waals surface area (Å²) in [5.74, 6) is 0.584. The Bertz CT molecular complexity index is 559. The third kappa shape index (κ3) is 3.42. The van der Waals surface area contributed by atoms with Gasteiger partial charge in [0.15, 0.2) is 0 Å². The number of sulfonamides is 1. The Morgan fingerprint density at radius 1 is 1.35 bits per heavy atom. The Kier molecular flexibility index (Phi) is 4.17. The molecule has 2 aliphatic carbocycles. The second-order valence-corrected chi connectivity index (χ2v) is 8.90. The van der Waals surface area contributed by atoms with E-state index >= 15 is 0 Å². The fourth-order valence-electron chi connectivity index (χ4n) is 2.24. The summed E-state index contributed by atoms with van der Waals surface area (Å²) in [4.78, 5) is 0. The van der Waals surface area contributed by atoms with Gasteiger partial charge in [-0.25, -0.2) is 8.42 Å². The molecule has 0 atom stereocenters. The van der Waals surface area contributed by atoms with Gasteiger partial charge in [-0.05, 0) is 48.6 Å². The molecule has 4 nitrogen and oxygen atoms in total. The van der Waals surface area contributed by atoms with E-state index in [0.29, 0.717) is 29.3 Å². The van der Waals surface area contributed by atoms with Crippen LogP contribution >= 0.6 is 11.3 Å². The van der Waals surface area contributed by atoms with Crippen LogP contribution in [0.15, 0.2) is 15.7 Å². The number of rotatable bonds is 8. The van der Waals surface area contributed by atoms with Gasteiger partial charge in [-0.1, -0.05) is 6.92 Å². The zero-order valence-corrected chi connectivity index (χ0v) is 13.5. The van der Waals surface area contributed by atoms with Crippen LogP contribution in [0, 0.1) is 5.92 Å². The van der Waals surface area contributed by atoms with E-state index in [1.165, 1.54) is 37.0 Å². The van der Waals surface area contributed by atoms with Gasteiger partial charge in [0, 0.05) is 25.7 Å². The molecule has 0 unspecified atom stereocenters. The summed E-state index contributed by atoms with van der Waals surface area (Å²) < 4.78 is 27.3. The summed E-state index contributed by atoms with van der Waals surface area (Å²) in [6.07, 6.45) is 4.85. The summed E-state index contributed by atoms with van der Waals surface area (Å²) in [5.41, 5.74) is 1.09. The first-order valence-electron chi connectivity index (χ1n) is 7.40. The molecule has 2 saturated carbocycles. The lowest BCUT2D eigenvalue weighted by Crippen LogP contribution is -2.32. The Labute approximate surface area is 125 Å². The van der Waals surface area contributed by atoms with Crippen molar-refractivity contribution in [3.05, 3.63) is 17.0 Å². The van der Waals surface area contributed by atoms with E-state index in [2.05, 4.69) is 5.32 Å². The van der Waals surface area contributed by atoms with Crippen LogP contribution in [-0.4, -0.2) is 31.9 Å². The summed E-state index contributed by atoms with van der Waals surface area (Å²) in [5, 5.41) is 5.39. The van der Waals surface area contributed by atoms with Gasteiger partial charge >= 0.3 is 0 Å². The van der Waals surface area contributed by atoms with Crippen molar-refractivity contribution in [2.24, 2.45) is 5.92 Å². The van der Waals surface area contributed by atoms with Gasteiger partial charge in [0.25, 0.3) is 10.0 Å². The molecule has 6 heteroatoms. The largest absolute Gasteiger partial charge is 0.310 e. The molecule has 20 heavy (non-hydrogen) atoms. The first kappa shape index (κ1) is 14.5. The minimum Gasteiger partial charge on any atom is -0.310 e. The van der Waals surface area contributed by atoms with Crippen LogP contribution in [0.3, 0.4) is 0 Å². The third-order valence-electron chi connectivity index (χ3n) is 3.91. The minimum absolute atomic E-state index is 0.493. The predicted molar refractivity (Wildman–Crippen MR) is 81.3 cm³/mol. The van der Waals surface area contributed by atoms with Gasteiger partial charge in [-0.15, -0.1) is 11.3 Å². The van der Waals surface area contributed by atoms with E-state index in [1.807, 2.05) is 18.4 Å². The molecule has 3 rings (SSSR count). The molecular weight excluding hydrogens is 292 g/mol. The average Bonchev–Trinajstić information content (AvgIpc) is 3.34. The molecule has 0 aromatic carbocycles. The standard InChI is InChI=1S/C14H22N2O2S2/c1-2-16(9-11-3-4-11)20(17,18)14-7-12(10-19-14)8-15-13-5-6-13/h7,10-11,13,15H,2-6,8-9H2,1H3. The summed E-state index contributed by atoms with van der Waals surface area (Å²) in [7, 11) is -3.28. The van der Waals surface area contributed by atoms with Crippen molar-refractivity contribution in [2.75, 3.05) is 13.1 Å². The first-order valence-corrected chi connectivity index (χ1v) is 9.72. The predicted octanol–water partition coefficient (Wildman–Crippen LogP) is 2.42. The van der Waals surface area contributed by atoms with Crippen molar-refractivity contribution >= 4 is 21.4 Å². The molecule has 2 fully saturated rings. The fourth-order valence-corrected chi connectivity index (χ4v) is 5.13. The Morgan fingerprint density at radius 3 is 2.70 bits per heavy atom. The van der Waals surface area contributed by atoms with E-state index in [4.69, 9.17) is 0 Å². The second kappa shape index (κ2) is 5.75. The van der Waals surface area contributed by atoms with Crippen LogP contribution in [-0.2, 0) is 16.6 Å². The van der Waals surface area contributed by atoms with E-state index in [1.54, 1.807) is 4.31 Å². The molecule has 0 saturated heterocycles. The molecule has 112 valence electrons. The van der Waals surface area contributed by atoms with Crippen molar-refractivity contribution in [1.29, 1.82) is 0 Å². The first-order chi connectivity index (χ1) is 9.59. The lowest BCUT2D eigenvalue weighted by atomic mass is 10.3. The summed E-state index contributed by atoms with van der Waals surface area (Å²) >= 11 is 1.35. The molecule has 1 N–H and O–H groups in total. The molecule has 0 spiro atoms. The van der Waals surface area contributed by atoms with Gasteiger partial charge < -0.3 is 5.32 Å². The smallest absolute Gasteiger partial charge is 0.252 e. The van der Waals surface area contributed by atoms with Crippen molar-refractivity contribution in [3.8, 4) is 0 Å². The van der Waals surface area contributed by atoms with Crippen LogP contribution < -0.4 is 5.32 Å². The Hall–Kier alpha value is -0.430. The highest BCUT2D eigenvalue weighted by Gasteiger charge is 2.31. The molecule has 0 amide bonds. The van der Waals surface area contributed by atoms with Gasteiger partial charge in [0.1, 0.15) is 4.21 Å². The SMILES string of the molecule is CCN(CC1CC1)S(=O)(=O)c1cc(CNC2CC2)cs1. The lowest BCUT2D eigenvalue weighted by molar-refractivity contribution is 0.413. The van der Waals surface area contributed by atoms with Crippen molar-refractivity contribution in [2.45, 2.75) is 49.4 Å². The quantitative estimate of drug-likeness (QED) is 0.802. The fraction of sp³-hybridized carbons (Fsp3) is 0.714. The molecule has 0 bridgehead atoms. The van der Waals surface area contributed by atoms with Gasteiger partial charge in [-0.2, -0.15) is 4.31 Å². The van der Waals surface area contributed by atoms with Gasteiger partial charge in [0.05, 0.1) is 0 Å². The van der Waals surface area contributed by atoms with Crippen LogP contribution in [0.25, 0.3) is 0 Å². The van der Waals surface area contributed by atoms with Crippen LogP contribution in [0.2, 0.25) is 0 Å². The van der Waals surface area contributed by atoms with Crippen LogP contribution in [0.1, 0.15) is 38.2 Å². The maximum atomic E-state index is 12.6. The normalized spacial score (nSPS) is 19.7. The van der Waals surface area contributed by atoms with E-state index in [-0.39, 0.29) is 0 Å². The zero-order chi connectivity index (χ0) is 14.2. The number of hydrogen-bond donors (Lipinski definition) is 1. The van der Waals surface area contributed by atoms with E-state index < -0.39 is 10.0 Å². The highest BCUT2D eigenvalue weighted by molar-refractivity contribution is 7.91. The maximum absolute atomic E-state index is 12.6. The maximum Gasteiger partial charge on any atom is 0.252 e. The average molecular weight is 314 g/mol. The number of nitrogens with zero attached hydrogens (tertiary/aromatic N) is 1. The number of hydrogen-bond acceptors (Lipinski definition) is 4. The van der Waals surface area contributed by atoms with Crippen LogP contribution in [0.4, 0.5) is 0 Å². The molecule has 0 aliphatic heterocycles. The minimum atomic E-state index is -3.28. The van der Waals surface area contributed by atoms with Crippen molar-refractivity contribution in [1.82, 2.24) is 9.62 Å². The number of nitrogens with one attached hydrogen (secondary N) is 1. The molecule has 0 radical (unpaired) electrons. The molecule has 1 aromatic rings. The van der Waals surface area contributed by atoms with Crippen molar-refractivity contribution < 1.29 is 8.42 Å². The Morgan fingerprint density at radius 2 is 2.10 bits per heavy atom. The third-order valence-corrected chi connectivity index (χ3v) is 7.31. The molecule has 1 aromatic heterocycles. The summed E-state index contributed by atoms with van der Waals surface area (Å²) in [6, 6.07) is 2.49. The van der Waals surface area contributed by atoms with E-state index in [0.717, 1.165) is 12.1 Å². The molecule has 1 heterocycles. The Balaban J connectivity index is 1.68. The van der Waals surface area contributed by atoms with Gasteiger partial charge in [0.2, 0.25) is 0 Å². The summed E-state index contributed by atoms with van der Waals surface area (Å²) in [6.45, 7) is 3.95. The topological polar surface area (TPSA) is 49.4 Å². The van der Waals surface area contributed by atoms with Crippen LogP contribution in [0.5, 0.6) is 0 Å². The number of thiophene rings is 1. The molecule has 2 aliphatic rings. The second-order valence-electron chi connectivity index (χ2n) is 5.83. The highest BCUT2D eigenvalue weighted by atomic mass is 32.2. The zero-order valence-electron chi connectivity index (χ0n) is 11.8. The monoisotopic (exact) mass is 314 g/mol. The highest BCUT2D eigenvalue weighted by Crippen LogP contribution is 2.32. The molecular formula is C14H22N2O2S2.